The molecule has 2 rings (SSSR count). The summed E-state index contributed by atoms with van der Waals surface area (Å²) >= 11 is 1.71. The summed E-state index contributed by atoms with van der Waals surface area (Å²) in [5.41, 5.74) is 1.19. The number of aryl methyl sites for hydroxylation is 1. The number of carbonyl (C=O) groups is 1. The van der Waals surface area contributed by atoms with Gasteiger partial charge >= 0.3 is 5.97 Å². The Hall–Kier alpha value is -0.835. The van der Waals surface area contributed by atoms with E-state index in [1.807, 2.05) is 14.8 Å². The molecular formula is C10H14BNO2S. The summed E-state index contributed by atoms with van der Waals surface area (Å²) in [6.07, 6.45) is 2.62. The van der Waals surface area contributed by atoms with Crippen LogP contribution in [0.3, 0.4) is 0 Å². The van der Waals surface area contributed by atoms with E-state index in [9.17, 15) is 4.79 Å². The zero-order valence-electron chi connectivity index (χ0n) is 9.08. The molecule has 1 aliphatic rings. The Bertz CT molecular complexity index is 377. The number of hydrogen-bond acceptors (Lipinski definition) is 4. The molecule has 1 atom stereocenters. The molecule has 0 saturated heterocycles. The van der Waals surface area contributed by atoms with Gasteiger partial charge in [0.25, 0.3) is 0 Å². The highest BCUT2D eigenvalue weighted by Gasteiger charge is 2.27. The third-order valence-electron chi connectivity index (χ3n) is 2.67. The van der Waals surface area contributed by atoms with Crippen LogP contribution in [-0.4, -0.2) is 25.4 Å². The van der Waals surface area contributed by atoms with Crippen molar-refractivity contribution in [2.75, 3.05) is 6.61 Å². The second kappa shape index (κ2) is 4.35. The molecule has 1 aromatic heterocycles. The van der Waals surface area contributed by atoms with Crippen molar-refractivity contribution in [1.82, 2.24) is 4.98 Å². The maximum Gasteiger partial charge on any atom is 0.309 e. The molecule has 5 heteroatoms. The van der Waals surface area contributed by atoms with E-state index in [4.69, 9.17) is 4.74 Å². The summed E-state index contributed by atoms with van der Waals surface area (Å²) in [5, 5.41) is 0. The molecule has 3 nitrogen and oxygen atoms in total. The Morgan fingerprint density at radius 3 is 3.27 bits per heavy atom. The van der Waals surface area contributed by atoms with Gasteiger partial charge in [0, 0.05) is 9.78 Å². The van der Waals surface area contributed by atoms with Crippen LogP contribution in [0.1, 0.15) is 23.9 Å². The highest BCUT2D eigenvalue weighted by molar-refractivity contribution is 7.19. The average Bonchev–Trinajstić information content (AvgIpc) is 2.57. The van der Waals surface area contributed by atoms with E-state index in [1.54, 1.807) is 11.3 Å². The van der Waals surface area contributed by atoms with Crippen molar-refractivity contribution < 1.29 is 9.53 Å². The summed E-state index contributed by atoms with van der Waals surface area (Å²) in [7, 11) is 2.02. The van der Waals surface area contributed by atoms with E-state index in [-0.39, 0.29) is 11.9 Å². The molecule has 1 aromatic rings. The molecule has 0 saturated carbocycles. The molecule has 15 heavy (non-hydrogen) atoms. The number of nitrogens with zero attached hydrogens (tertiary/aromatic N) is 1. The minimum Gasteiger partial charge on any atom is -0.466 e. The summed E-state index contributed by atoms with van der Waals surface area (Å²) in [5.74, 6) is 0.00602. The molecule has 0 radical (unpaired) electrons. The fraction of sp³-hybridized carbons (Fsp3) is 0.600. The van der Waals surface area contributed by atoms with Gasteiger partial charge in [-0.15, -0.1) is 11.3 Å². The Balaban J connectivity index is 2.08. The zero-order valence-corrected chi connectivity index (χ0v) is 9.89. The first kappa shape index (κ1) is 10.7. The first-order valence-corrected chi connectivity index (χ1v) is 6.14. The minimum absolute atomic E-state index is 0.0470. The van der Waals surface area contributed by atoms with Crippen LogP contribution in [0.5, 0.6) is 0 Å². The van der Waals surface area contributed by atoms with E-state index in [0.29, 0.717) is 6.61 Å². The summed E-state index contributed by atoms with van der Waals surface area (Å²) in [6, 6.07) is 0. The highest BCUT2D eigenvalue weighted by atomic mass is 32.1. The van der Waals surface area contributed by atoms with E-state index < -0.39 is 0 Å². The monoisotopic (exact) mass is 223 g/mol. The molecule has 1 aliphatic carbocycles. The number of hydrogen-bond donors (Lipinski definition) is 0. The van der Waals surface area contributed by atoms with Gasteiger partial charge in [-0.1, -0.05) is 0 Å². The first-order chi connectivity index (χ1) is 7.20. The Morgan fingerprint density at radius 1 is 1.73 bits per heavy atom. The quantitative estimate of drug-likeness (QED) is 0.526. The van der Waals surface area contributed by atoms with Gasteiger partial charge in [-0.2, -0.15) is 0 Å². The Labute approximate surface area is 94.3 Å². The van der Waals surface area contributed by atoms with Crippen molar-refractivity contribution in [3.05, 3.63) is 10.6 Å². The second-order valence-corrected chi connectivity index (χ2v) is 5.08. The third-order valence-corrected chi connectivity index (χ3v) is 3.70. The fourth-order valence-electron chi connectivity index (χ4n) is 1.97. The van der Waals surface area contributed by atoms with Crippen LogP contribution in [0, 0.1) is 5.92 Å². The summed E-state index contributed by atoms with van der Waals surface area (Å²) < 4.78 is 5.05. The lowest BCUT2D eigenvalue weighted by Gasteiger charge is -2.19. The van der Waals surface area contributed by atoms with Gasteiger partial charge in [0.2, 0.25) is 0 Å². The highest BCUT2D eigenvalue weighted by Crippen LogP contribution is 2.27. The second-order valence-electron chi connectivity index (χ2n) is 3.79. The van der Waals surface area contributed by atoms with Crippen molar-refractivity contribution in [3.8, 4) is 0 Å². The molecule has 1 heterocycles. The fourth-order valence-corrected chi connectivity index (χ4v) is 3.03. The van der Waals surface area contributed by atoms with Crippen molar-refractivity contribution in [2.45, 2.75) is 26.2 Å². The van der Waals surface area contributed by atoms with Crippen molar-refractivity contribution >= 4 is 30.1 Å². The zero-order chi connectivity index (χ0) is 10.8. The summed E-state index contributed by atoms with van der Waals surface area (Å²) in [6.45, 7) is 2.33. The summed E-state index contributed by atoms with van der Waals surface area (Å²) in [4.78, 5) is 18.4. The van der Waals surface area contributed by atoms with Crippen LogP contribution >= 0.6 is 11.3 Å². The standard InChI is InChI=1S/C10H14BNO2S/c1-2-14-9(13)6-3-4-7-8(5-6)15-10(11)12-7/h6H,2-5,11H2,1H3. The molecule has 0 aromatic carbocycles. The van der Waals surface area contributed by atoms with Crippen LogP contribution in [0.15, 0.2) is 0 Å². The van der Waals surface area contributed by atoms with Crippen LogP contribution in [0.25, 0.3) is 0 Å². The van der Waals surface area contributed by atoms with Gasteiger partial charge in [0.05, 0.1) is 18.2 Å². The van der Waals surface area contributed by atoms with E-state index in [2.05, 4.69) is 4.98 Å². The number of rotatable bonds is 2. The van der Waals surface area contributed by atoms with Gasteiger partial charge in [0.15, 0.2) is 7.85 Å². The first-order valence-electron chi connectivity index (χ1n) is 5.32. The third kappa shape index (κ3) is 2.22. The number of esters is 1. The van der Waals surface area contributed by atoms with Gasteiger partial charge in [0.1, 0.15) is 0 Å². The maximum absolute atomic E-state index is 11.6. The van der Waals surface area contributed by atoms with Gasteiger partial charge in [-0.05, 0) is 26.2 Å². The molecule has 80 valence electrons. The lowest BCUT2D eigenvalue weighted by atomic mass is 9.91. The van der Waals surface area contributed by atoms with Gasteiger partial charge in [-0.3, -0.25) is 9.78 Å². The molecule has 0 N–H and O–H groups in total. The van der Waals surface area contributed by atoms with E-state index in [1.165, 1.54) is 10.6 Å². The van der Waals surface area contributed by atoms with Crippen LogP contribution in [-0.2, 0) is 22.4 Å². The molecule has 0 amide bonds. The average molecular weight is 223 g/mol. The number of ether oxygens (including phenoxy) is 1. The lowest BCUT2D eigenvalue weighted by molar-refractivity contribution is -0.148. The van der Waals surface area contributed by atoms with E-state index >= 15 is 0 Å². The molecular weight excluding hydrogens is 209 g/mol. The topological polar surface area (TPSA) is 39.2 Å². The van der Waals surface area contributed by atoms with Crippen molar-refractivity contribution in [1.29, 1.82) is 0 Å². The largest absolute Gasteiger partial charge is 0.466 e. The van der Waals surface area contributed by atoms with Gasteiger partial charge in [-0.25, -0.2) is 0 Å². The molecule has 0 bridgehead atoms. The van der Waals surface area contributed by atoms with Crippen molar-refractivity contribution in [3.63, 3.8) is 0 Å². The number of carbonyl (C=O) groups excluding carboxylic acids is 1. The SMILES string of the molecule is Bc1nc2c(s1)CC(C(=O)OCC)CC2. The van der Waals surface area contributed by atoms with Crippen LogP contribution in [0.4, 0.5) is 0 Å². The lowest BCUT2D eigenvalue weighted by Crippen LogP contribution is -2.24. The Morgan fingerprint density at radius 2 is 2.53 bits per heavy atom. The Kier molecular flexibility index (Phi) is 3.10. The molecule has 0 spiro atoms. The predicted octanol–water partition coefficient (Wildman–Crippen LogP) is 0.0695. The number of fused-ring (bicyclic) bond motifs is 1. The number of thiazole rings is 1. The predicted molar refractivity (Wildman–Crippen MR) is 62.4 cm³/mol. The van der Waals surface area contributed by atoms with Gasteiger partial charge < -0.3 is 4.74 Å². The minimum atomic E-state index is -0.0470. The van der Waals surface area contributed by atoms with Crippen molar-refractivity contribution in [2.24, 2.45) is 5.92 Å². The molecule has 0 aliphatic heterocycles. The smallest absolute Gasteiger partial charge is 0.309 e. The normalized spacial score (nSPS) is 19.7. The number of aromatic nitrogens is 1. The van der Waals surface area contributed by atoms with E-state index in [0.717, 1.165) is 24.2 Å². The van der Waals surface area contributed by atoms with Crippen LogP contribution in [0.2, 0.25) is 0 Å². The maximum atomic E-state index is 11.6. The molecule has 0 fully saturated rings. The molecule has 1 unspecified atom stereocenters. The van der Waals surface area contributed by atoms with Crippen LogP contribution < -0.4 is 4.91 Å².